The van der Waals surface area contributed by atoms with E-state index in [0.717, 1.165) is 31.6 Å². The van der Waals surface area contributed by atoms with Crippen LogP contribution >= 0.6 is 11.6 Å². The van der Waals surface area contributed by atoms with Crippen molar-refractivity contribution in [2.75, 3.05) is 38.1 Å². The van der Waals surface area contributed by atoms with Crippen molar-refractivity contribution in [3.63, 3.8) is 0 Å². The quantitative estimate of drug-likeness (QED) is 0.485. The van der Waals surface area contributed by atoms with Crippen molar-refractivity contribution < 1.29 is 4.92 Å². The Morgan fingerprint density at radius 2 is 1.90 bits per heavy atom. The van der Waals surface area contributed by atoms with Crippen LogP contribution in [0.15, 0.2) is 24.3 Å². The van der Waals surface area contributed by atoms with Gasteiger partial charge in [0, 0.05) is 31.6 Å². The maximum atomic E-state index is 11.4. The lowest BCUT2D eigenvalue weighted by molar-refractivity contribution is -0.384. The molecule has 1 aromatic carbocycles. The lowest BCUT2D eigenvalue weighted by Gasteiger charge is -2.34. The SMILES string of the molecule is CN1CCN(c2c([N+](=O)[O-])c(Cl)nc3ccccc23)CC1. The van der Waals surface area contributed by atoms with Gasteiger partial charge in [-0.15, -0.1) is 0 Å². The van der Waals surface area contributed by atoms with E-state index < -0.39 is 4.92 Å². The average Bonchev–Trinajstić information content (AvgIpc) is 2.46. The Morgan fingerprint density at radius 3 is 2.57 bits per heavy atom. The number of hydrogen-bond acceptors (Lipinski definition) is 5. The highest BCUT2D eigenvalue weighted by Crippen LogP contribution is 2.40. The molecule has 3 rings (SSSR count). The molecule has 0 amide bonds. The van der Waals surface area contributed by atoms with E-state index in [1.165, 1.54) is 0 Å². The Balaban J connectivity index is 2.22. The lowest BCUT2D eigenvalue weighted by atomic mass is 10.1. The number of halogens is 1. The number of anilines is 1. The number of likely N-dealkylation sites (N-methyl/N-ethyl adjacent to an activating group) is 1. The first-order valence-electron chi connectivity index (χ1n) is 6.74. The molecule has 1 fully saturated rings. The smallest absolute Gasteiger partial charge is 0.330 e. The molecule has 21 heavy (non-hydrogen) atoms. The van der Waals surface area contributed by atoms with E-state index in [-0.39, 0.29) is 10.8 Å². The van der Waals surface area contributed by atoms with Crippen LogP contribution < -0.4 is 4.90 Å². The van der Waals surface area contributed by atoms with Crippen molar-refractivity contribution in [1.82, 2.24) is 9.88 Å². The molecular formula is C14H15ClN4O2. The molecule has 1 aromatic heterocycles. The molecule has 1 aliphatic heterocycles. The summed E-state index contributed by atoms with van der Waals surface area (Å²) in [4.78, 5) is 19.4. The normalized spacial score (nSPS) is 16.4. The summed E-state index contributed by atoms with van der Waals surface area (Å²) >= 11 is 6.06. The summed E-state index contributed by atoms with van der Waals surface area (Å²) < 4.78 is 0. The third-order valence-electron chi connectivity index (χ3n) is 3.80. The molecule has 7 heteroatoms. The summed E-state index contributed by atoms with van der Waals surface area (Å²) in [5.74, 6) is 0. The fraction of sp³-hybridized carbons (Fsp3) is 0.357. The molecule has 0 aliphatic carbocycles. The van der Waals surface area contributed by atoms with Gasteiger partial charge in [-0.2, -0.15) is 0 Å². The molecule has 0 unspecified atom stereocenters. The lowest BCUT2D eigenvalue weighted by Crippen LogP contribution is -2.44. The van der Waals surface area contributed by atoms with E-state index in [1.54, 1.807) is 0 Å². The van der Waals surface area contributed by atoms with Gasteiger partial charge >= 0.3 is 5.69 Å². The third kappa shape index (κ3) is 2.52. The molecule has 0 spiro atoms. The van der Waals surface area contributed by atoms with Gasteiger partial charge in [-0.1, -0.05) is 29.8 Å². The van der Waals surface area contributed by atoms with Gasteiger partial charge in [-0.25, -0.2) is 4.98 Å². The van der Waals surface area contributed by atoms with Gasteiger partial charge in [-0.3, -0.25) is 10.1 Å². The van der Waals surface area contributed by atoms with Crippen molar-refractivity contribution in [3.8, 4) is 0 Å². The Labute approximate surface area is 127 Å². The van der Waals surface area contributed by atoms with Crippen LogP contribution in [0.5, 0.6) is 0 Å². The summed E-state index contributed by atoms with van der Waals surface area (Å²) in [5.41, 5.74) is 1.17. The van der Waals surface area contributed by atoms with Crippen molar-refractivity contribution in [3.05, 3.63) is 39.5 Å². The van der Waals surface area contributed by atoms with Crippen LogP contribution in [-0.4, -0.2) is 48.0 Å². The van der Waals surface area contributed by atoms with Crippen molar-refractivity contribution in [1.29, 1.82) is 0 Å². The maximum Gasteiger partial charge on any atom is 0.330 e. The summed E-state index contributed by atoms with van der Waals surface area (Å²) in [6, 6.07) is 7.40. The predicted octanol–water partition coefficient (Wildman–Crippen LogP) is 2.55. The zero-order valence-corrected chi connectivity index (χ0v) is 12.4. The number of hydrogen-bond donors (Lipinski definition) is 0. The molecule has 2 aromatic rings. The first kappa shape index (κ1) is 14.0. The van der Waals surface area contributed by atoms with Crippen molar-refractivity contribution in [2.45, 2.75) is 0 Å². The van der Waals surface area contributed by atoms with Gasteiger partial charge < -0.3 is 9.80 Å². The summed E-state index contributed by atoms with van der Waals surface area (Å²) in [5, 5.41) is 12.2. The number of rotatable bonds is 2. The van der Waals surface area contributed by atoms with Crippen LogP contribution in [0.25, 0.3) is 10.9 Å². The van der Waals surface area contributed by atoms with Gasteiger partial charge in [0.1, 0.15) is 5.69 Å². The standard InChI is InChI=1S/C14H15ClN4O2/c1-17-6-8-18(9-7-17)12-10-4-2-3-5-11(10)16-14(15)13(12)19(20)21/h2-5H,6-9H2,1H3. The molecule has 0 atom stereocenters. The number of fused-ring (bicyclic) bond motifs is 1. The Kier molecular flexibility index (Phi) is 3.65. The number of piperazine rings is 1. The van der Waals surface area contributed by atoms with E-state index in [1.807, 2.05) is 36.2 Å². The molecule has 1 aliphatic rings. The largest absolute Gasteiger partial charge is 0.363 e. The highest BCUT2D eigenvalue weighted by Gasteiger charge is 2.29. The van der Waals surface area contributed by atoms with Crippen molar-refractivity contribution >= 4 is 33.9 Å². The van der Waals surface area contributed by atoms with Gasteiger partial charge in [-0.05, 0) is 13.1 Å². The molecule has 0 bridgehead atoms. The van der Waals surface area contributed by atoms with E-state index >= 15 is 0 Å². The highest BCUT2D eigenvalue weighted by atomic mass is 35.5. The minimum Gasteiger partial charge on any atom is -0.363 e. The van der Waals surface area contributed by atoms with Crippen LogP contribution in [0.3, 0.4) is 0 Å². The van der Waals surface area contributed by atoms with Gasteiger partial charge in [0.15, 0.2) is 0 Å². The Hall–Kier alpha value is -1.92. The van der Waals surface area contributed by atoms with E-state index in [0.29, 0.717) is 11.2 Å². The number of pyridine rings is 1. The molecule has 1 saturated heterocycles. The van der Waals surface area contributed by atoms with Gasteiger partial charge in [0.25, 0.3) is 0 Å². The first-order chi connectivity index (χ1) is 10.1. The number of nitro groups is 1. The zero-order chi connectivity index (χ0) is 15.0. The zero-order valence-electron chi connectivity index (χ0n) is 11.6. The highest BCUT2D eigenvalue weighted by molar-refractivity contribution is 6.33. The second-order valence-corrected chi connectivity index (χ2v) is 5.52. The van der Waals surface area contributed by atoms with Crippen LogP contribution in [-0.2, 0) is 0 Å². The third-order valence-corrected chi connectivity index (χ3v) is 4.06. The molecule has 0 saturated carbocycles. The summed E-state index contributed by atoms with van der Waals surface area (Å²) in [6.07, 6.45) is 0. The topological polar surface area (TPSA) is 62.5 Å². The summed E-state index contributed by atoms with van der Waals surface area (Å²) in [6.45, 7) is 3.21. The Bertz CT molecular complexity index is 699. The number of nitrogens with zero attached hydrogens (tertiary/aromatic N) is 4. The average molecular weight is 307 g/mol. The second-order valence-electron chi connectivity index (χ2n) is 5.16. The Morgan fingerprint density at radius 1 is 1.24 bits per heavy atom. The molecule has 110 valence electrons. The monoisotopic (exact) mass is 306 g/mol. The number of aromatic nitrogens is 1. The first-order valence-corrected chi connectivity index (χ1v) is 7.12. The van der Waals surface area contributed by atoms with Crippen LogP contribution in [0.2, 0.25) is 5.15 Å². The van der Waals surface area contributed by atoms with Crippen LogP contribution in [0.1, 0.15) is 0 Å². The van der Waals surface area contributed by atoms with E-state index in [4.69, 9.17) is 11.6 Å². The van der Waals surface area contributed by atoms with Crippen LogP contribution in [0.4, 0.5) is 11.4 Å². The minimum atomic E-state index is -0.435. The molecule has 6 nitrogen and oxygen atoms in total. The predicted molar refractivity (Wildman–Crippen MR) is 83.1 cm³/mol. The van der Waals surface area contributed by atoms with Gasteiger partial charge in [0.05, 0.1) is 10.4 Å². The summed E-state index contributed by atoms with van der Waals surface area (Å²) in [7, 11) is 2.05. The molecule has 2 heterocycles. The van der Waals surface area contributed by atoms with E-state index in [9.17, 15) is 10.1 Å². The van der Waals surface area contributed by atoms with Crippen molar-refractivity contribution in [2.24, 2.45) is 0 Å². The maximum absolute atomic E-state index is 11.4. The number of benzene rings is 1. The van der Waals surface area contributed by atoms with Gasteiger partial charge in [0.2, 0.25) is 5.15 Å². The molecule has 0 N–H and O–H groups in total. The molecular weight excluding hydrogens is 292 g/mol. The molecule has 0 radical (unpaired) electrons. The second kappa shape index (κ2) is 5.46. The number of para-hydroxylation sites is 1. The fourth-order valence-corrected chi connectivity index (χ4v) is 2.92. The minimum absolute atomic E-state index is 0.0485. The fourth-order valence-electron chi connectivity index (χ4n) is 2.67. The van der Waals surface area contributed by atoms with E-state index in [2.05, 4.69) is 9.88 Å². The van der Waals surface area contributed by atoms with Crippen LogP contribution in [0, 0.1) is 10.1 Å².